The molecule has 1 heterocycles. The van der Waals surface area contributed by atoms with Crippen molar-refractivity contribution >= 4 is 5.91 Å². The van der Waals surface area contributed by atoms with Crippen LogP contribution in [0.15, 0.2) is 0 Å². The summed E-state index contributed by atoms with van der Waals surface area (Å²) in [6.07, 6.45) is 14.4. The standard InChI is InChI=1S/C34H67NO9/c1-3-5-6-7-8-9-10-11-12-13-14-15-16-17-18-19-20-21-23-29(38)35-26(30(39)27(37)22-4-2)25-43-34-33(42)32(41)31(40)28(24-36)44-34/h26-28,30-34,36-37,39-42H,3-25H2,1-2H3,(H,35,38)/t26-,27+,28+,30-,31-,32-,33+,34-/m0/s1. The summed E-state index contributed by atoms with van der Waals surface area (Å²) in [6, 6.07) is -0.980. The van der Waals surface area contributed by atoms with Crippen LogP contribution in [0.25, 0.3) is 0 Å². The number of aliphatic hydroxyl groups excluding tert-OH is 6. The van der Waals surface area contributed by atoms with Crippen LogP contribution in [-0.2, 0) is 14.3 Å². The predicted octanol–water partition coefficient (Wildman–Crippen LogP) is 4.24. The maximum atomic E-state index is 12.7. The van der Waals surface area contributed by atoms with Crippen molar-refractivity contribution in [3.8, 4) is 0 Å². The lowest BCUT2D eigenvalue weighted by molar-refractivity contribution is -0.303. The highest BCUT2D eigenvalue weighted by Gasteiger charge is 2.44. The molecule has 7 N–H and O–H groups in total. The summed E-state index contributed by atoms with van der Waals surface area (Å²) in [5, 5.41) is 63.3. The van der Waals surface area contributed by atoms with Gasteiger partial charge >= 0.3 is 0 Å². The van der Waals surface area contributed by atoms with Gasteiger partial charge in [-0.3, -0.25) is 4.79 Å². The zero-order chi connectivity index (χ0) is 32.6. The Labute approximate surface area is 266 Å². The van der Waals surface area contributed by atoms with Crippen LogP contribution in [0, 0.1) is 0 Å². The Hall–Kier alpha value is -0.850. The van der Waals surface area contributed by atoms with E-state index in [-0.39, 0.29) is 18.9 Å². The normalized spacial score (nSPS) is 24.2. The highest BCUT2D eigenvalue weighted by Crippen LogP contribution is 2.23. The number of amides is 1. The van der Waals surface area contributed by atoms with E-state index in [1.54, 1.807) is 0 Å². The van der Waals surface area contributed by atoms with Gasteiger partial charge < -0.3 is 45.4 Å². The smallest absolute Gasteiger partial charge is 0.220 e. The van der Waals surface area contributed by atoms with Crippen LogP contribution in [0.4, 0.5) is 0 Å². The maximum Gasteiger partial charge on any atom is 0.220 e. The fraction of sp³-hybridized carbons (Fsp3) is 0.971. The summed E-state index contributed by atoms with van der Waals surface area (Å²) in [5.41, 5.74) is 0. The maximum absolute atomic E-state index is 12.7. The summed E-state index contributed by atoms with van der Waals surface area (Å²) >= 11 is 0. The monoisotopic (exact) mass is 633 g/mol. The molecule has 0 saturated carbocycles. The first-order valence-electron chi connectivity index (χ1n) is 17.8. The molecule has 1 saturated heterocycles. The average Bonchev–Trinajstić information content (AvgIpc) is 3.01. The van der Waals surface area contributed by atoms with Gasteiger partial charge in [0.25, 0.3) is 0 Å². The van der Waals surface area contributed by atoms with Gasteiger partial charge in [-0.15, -0.1) is 0 Å². The number of nitrogens with one attached hydrogen (secondary N) is 1. The van der Waals surface area contributed by atoms with Gasteiger partial charge in [0.1, 0.15) is 30.5 Å². The van der Waals surface area contributed by atoms with Crippen LogP contribution in [0.5, 0.6) is 0 Å². The molecule has 0 aromatic rings. The first-order valence-corrected chi connectivity index (χ1v) is 17.8. The molecule has 0 radical (unpaired) electrons. The third kappa shape index (κ3) is 17.7. The quantitative estimate of drug-likeness (QED) is 0.0623. The molecule has 1 rings (SSSR count). The number of aliphatic hydroxyl groups is 6. The second-order valence-electron chi connectivity index (χ2n) is 12.8. The summed E-state index contributed by atoms with van der Waals surface area (Å²) in [7, 11) is 0. The van der Waals surface area contributed by atoms with Crippen LogP contribution >= 0.6 is 0 Å². The predicted molar refractivity (Wildman–Crippen MR) is 172 cm³/mol. The second kappa shape index (κ2) is 26.2. The lowest BCUT2D eigenvalue weighted by atomic mass is 9.99. The van der Waals surface area contributed by atoms with Gasteiger partial charge in [-0.2, -0.15) is 0 Å². The van der Waals surface area contributed by atoms with E-state index in [0.29, 0.717) is 12.8 Å². The van der Waals surface area contributed by atoms with Gasteiger partial charge in [-0.25, -0.2) is 0 Å². The molecule has 0 aromatic heterocycles. The largest absolute Gasteiger partial charge is 0.394 e. The summed E-state index contributed by atoms with van der Waals surface area (Å²) < 4.78 is 10.9. The van der Waals surface area contributed by atoms with Crippen molar-refractivity contribution in [3.63, 3.8) is 0 Å². The minimum Gasteiger partial charge on any atom is -0.394 e. The Morgan fingerprint density at radius 1 is 0.705 bits per heavy atom. The van der Waals surface area contributed by atoms with E-state index in [0.717, 1.165) is 25.7 Å². The zero-order valence-electron chi connectivity index (χ0n) is 27.8. The lowest BCUT2D eigenvalue weighted by Crippen LogP contribution is -2.60. The minimum atomic E-state index is -1.60. The lowest BCUT2D eigenvalue weighted by Gasteiger charge is -2.40. The molecule has 1 fully saturated rings. The van der Waals surface area contributed by atoms with Gasteiger partial charge in [0.2, 0.25) is 5.91 Å². The molecule has 262 valence electrons. The van der Waals surface area contributed by atoms with Crippen LogP contribution in [0.3, 0.4) is 0 Å². The molecule has 10 nitrogen and oxygen atoms in total. The highest BCUT2D eigenvalue weighted by molar-refractivity contribution is 5.76. The molecular weight excluding hydrogens is 566 g/mol. The molecule has 8 atom stereocenters. The molecular formula is C34H67NO9. The molecule has 0 unspecified atom stereocenters. The molecule has 1 aliphatic heterocycles. The third-order valence-corrected chi connectivity index (χ3v) is 8.78. The van der Waals surface area contributed by atoms with Gasteiger partial charge in [-0.05, 0) is 12.8 Å². The molecule has 1 amide bonds. The van der Waals surface area contributed by atoms with Crippen molar-refractivity contribution in [2.45, 2.75) is 198 Å². The number of rotatable bonds is 28. The summed E-state index contributed by atoms with van der Waals surface area (Å²) in [4.78, 5) is 12.7. The fourth-order valence-electron chi connectivity index (χ4n) is 5.83. The van der Waals surface area contributed by atoms with Crippen molar-refractivity contribution in [2.24, 2.45) is 0 Å². The molecule has 0 bridgehead atoms. The third-order valence-electron chi connectivity index (χ3n) is 8.78. The van der Waals surface area contributed by atoms with E-state index in [4.69, 9.17) is 9.47 Å². The van der Waals surface area contributed by atoms with Gasteiger partial charge in [0.05, 0.1) is 25.4 Å². The van der Waals surface area contributed by atoms with Crippen molar-refractivity contribution < 1.29 is 44.9 Å². The Morgan fingerprint density at radius 2 is 1.18 bits per heavy atom. The topological polar surface area (TPSA) is 169 Å². The van der Waals surface area contributed by atoms with E-state index in [2.05, 4.69) is 12.2 Å². The van der Waals surface area contributed by atoms with Crippen LogP contribution < -0.4 is 5.32 Å². The number of carbonyl (C=O) groups excluding carboxylic acids is 1. The van der Waals surface area contributed by atoms with Gasteiger partial charge in [-0.1, -0.05) is 129 Å². The van der Waals surface area contributed by atoms with E-state index in [1.807, 2.05) is 6.92 Å². The molecule has 44 heavy (non-hydrogen) atoms. The number of unbranched alkanes of at least 4 members (excludes halogenated alkanes) is 17. The second-order valence-corrected chi connectivity index (χ2v) is 12.8. The Kier molecular flexibility index (Phi) is 24.6. The Balaban J connectivity index is 2.22. The molecule has 10 heteroatoms. The van der Waals surface area contributed by atoms with Gasteiger partial charge in [0.15, 0.2) is 6.29 Å². The van der Waals surface area contributed by atoms with Crippen molar-refractivity contribution in [1.82, 2.24) is 5.32 Å². The van der Waals surface area contributed by atoms with E-state index >= 15 is 0 Å². The van der Waals surface area contributed by atoms with E-state index in [9.17, 15) is 35.4 Å². The van der Waals surface area contributed by atoms with Crippen LogP contribution in [-0.4, -0.2) is 98.7 Å². The van der Waals surface area contributed by atoms with Crippen molar-refractivity contribution in [2.75, 3.05) is 13.2 Å². The van der Waals surface area contributed by atoms with Crippen LogP contribution in [0.2, 0.25) is 0 Å². The number of ether oxygens (including phenoxy) is 2. The SMILES string of the molecule is CCCCCCCCCCCCCCCCCCCCC(=O)N[C@@H](CO[C@H]1O[C@H](CO)[C@H](O)[C@H](O)[C@H]1O)[C@H](O)[C@H](O)CCC. The minimum absolute atomic E-state index is 0.272. The summed E-state index contributed by atoms with van der Waals surface area (Å²) in [6.45, 7) is 3.23. The molecule has 0 aliphatic carbocycles. The number of hydrogen-bond acceptors (Lipinski definition) is 9. The Morgan fingerprint density at radius 3 is 1.64 bits per heavy atom. The Bertz CT molecular complexity index is 683. The van der Waals surface area contributed by atoms with E-state index < -0.39 is 55.6 Å². The van der Waals surface area contributed by atoms with Crippen molar-refractivity contribution in [3.05, 3.63) is 0 Å². The molecule has 0 spiro atoms. The number of carbonyl (C=O) groups is 1. The van der Waals surface area contributed by atoms with Crippen molar-refractivity contribution in [1.29, 1.82) is 0 Å². The van der Waals surface area contributed by atoms with E-state index in [1.165, 1.54) is 89.9 Å². The van der Waals surface area contributed by atoms with Gasteiger partial charge in [0, 0.05) is 6.42 Å². The average molecular weight is 634 g/mol. The number of hydrogen-bond donors (Lipinski definition) is 7. The first-order chi connectivity index (χ1) is 21.3. The van der Waals surface area contributed by atoms with Crippen LogP contribution in [0.1, 0.15) is 149 Å². The first kappa shape index (κ1) is 41.2. The fourth-order valence-corrected chi connectivity index (χ4v) is 5.83. The molecule has 1 aliphatic rings. The highest BCUT2D eigenvalue weighted by atomic mass is 16.7. The summed E-state index contributed by atoms with van der Waals surface area (Å²) in [5.74, 6) is -0.272. The zero-order valence-corrected chi connectivity index (χ0v) is 27.8. The molecule has 0 aromatic carbocycles.